The van der Waals surface area contributed by atoms with E-state index in [0.29, 0.717) is 18.8 Å². The van der Waals surface area contributed by atoms with Gasteiger partial charge in [-0.15, -0.1) is 11.8 Å². The average Bonchev–Trinajstić information content (AvgIpc) is 2.68. The number of aliphatic hydroxyl groups is 1. The van der Waals surface area contributed by atoms with Crippen molar-refractivity contribution in [2.45, 2.75) is 77.2 Å². The Morgan fingerprint density at radius 2 is 1.88 bits per heavy atom. The lowest BCUT2D eigenvalue weighted by Crippen LogP contribution is -2.44. The molecule has 1 aromatic carbocycles. The van der Waals surface area contributed by atoms with Crippen molar-refractivity contribution in [2.24, 2.45) is 11.8 Å². The van der Waals surface area contributed by atoms with E-state index in [1.807, 2.05) is 30.3 Å². The Morgan fingerprint density at radius 3 is 2.52 bits per heavy atom. The van der Waals surface area contributed by atoms with Gasteiger partial charge in [0.05, 0.1) is 0 Å². The predicted molar refractivity (Wildman–Crippen MR) is 103 cm³/mol. The maximum absolute atomic E-state index is 13.0. The van der Waals surface area contributed by atoms with Gasteiger partial charge in [-0.05, 0) is 30.2 Å². The molecular weight excluding hydrogens is 308 g/mol. The summed E-state index contributed by atoms with van der Waals surface area (Å²) in [6.45, 7) is 4.36. The van der Waals surface area contributed by atoms with Crippen molar-refractivity contribution in [2.75, 3.05) is 0 Å². The summed E-state index contributed by atoms with van der Waals surface area (Å²) in [5, 5.41) is 11.5. The second-order valence-electron chi connectivity index (χ2n) is 7.46. The molecule has 1 fully saturated rings. The molecule has 1 N–H and O–H groups in total. The van der Waals surface area contributed by atoms with Crippen LogP contribution in [0.2, 0.25) is 0 Å². The Morgan fingerprint density at radius 1 is 1.20 bits per heavy atom. The highest BCUT2D eigenvalue weighted by Crippen LogP contribution is 2.40. The SMILES string of the molecule is CCC(C)CC#CCCC(=O)[C@](O)(c1ccccc1)C1CCCCC1. The molecule has 0 heterocycles. The molecule has 0 saturated heterocycles. The van der Waals surface area contributed by atoms with Crippen LogP contribution in [-0.4, -0.2) is 10.9 Å². The lowest BCUT2D eigenvalue weighted by molar-refractivity contribution is -0.146. The van der Waals surface area contributed by atoms with E-state index in [1.165, 1.54) is 6.42 Å². The summed E-state index contributed by atoms with van der Waals surface area (Å²) in [4.78, 5) is 13.0. The Balaban J connectivity index is 2.08. The van der Waals surface area contributed by atoms with Gasteiger partial charge < -0.3 is 5.11 Å². The summed E-state index contributed by atoms with van der Waals surface area (Å²) in [5.74, 6) is 6.87. The number of benzene rings is 1. The van der Waals surface area contributed by atoms with Gasteiger partial charge in [0.2, 0.25) is 0 Å². The highest BCUT2D eigenvalue weighted by molar-refractivity contribution is 5.88. The lowest BCUT2D eigenvalue weighted by atomic mass is 9.70. The van der Waals surface area contributed by atoms with Gasteiger partial charge in [-0.25, -0.2) is 0 Å². The van der Waals surface area contributed by atoms with Crippen LogP contribution in [0.5, 0.6) is 0 Å². The van der Waals surface area contributed by atoms with E-state index in [0.717, 1.165) is 44.1 Å². The molecule has 25 heavy (non-hydrogen) atoms. The molecule has 2 nitrogen and oxygen atoms in total. The zero-order valence-electron chi connectivity index (χ0n) is 15.8. The molecule has 1 aromatic rings. The smallest absolute Gasteiger partial charge is 0.170 e. The van der Waals surface area contributed by atoms with Gasteiger partial charge in [-0.2, -0.15) is 0 Å². The summed E-state index contributed by atoms with van der Waals surface area (Å²) in [5.41, 5.74) is -0.598. The third-order valence-electron chi connectivity index (χ3n) is 5.58. The van der Waals surface area contributed by atoms with Crippen LogP contribution in [0, 0.1) is 23.7 Å². The molecule has 1 aliphatic rings. The van der Waals surface area contributed by atoms with Crippen molar-refractivity contribution in [3.05, 3.63) is 35.9 Å². The number of carbonyl (C=O) groups excluding carboxylic acids is 1. The van der Waals surface area contributed by atoms with Gasteiger partial charge in [0.25, 0.3) is 0 Å². The van der Waals surface area contributed by atoms with Crippen molar-refractivity contribution >= 4 is 5.78 Å². The van der Waals surface area contributed by atoms with E-state index in [4.69, 9.17) is 0 Å². The highest BCUT2D eigenvalue weighted by Gasteiger charge is 2.44. The van der Waals surface area contributed by atoms with Crippen LogP contribution < -0.4 is 0 Å². The third kappa shape index (κ3) is 5.19. The van der Waals surface area contributed by atoms with E-state index in [2.05, 4.69) is 25.7 Å². The van der Waals surface area contributed by atoms with Gasteiger partial charge in [-0.3, -0.25) is 4.79 Å². The van der Waals surface area contributed by atoms with Crippen LogP contribution in [0.25, 0.3) is 0 Å². The highest BCUT2D eigenvalue weighted by atomic mass is 16.3. The Hall–Kier alpha value is -1.59. The maximum atomic E-state index is 13.0. The topological polar surface area (TPSA) is 37.3 Å². The Kier molecular flexibility index (Phi) is 7.72. The normalized spacial score (nSPS) is 18.7. The lowest BCUT2D eigenvalue weighted by Gasteiger charge is -2.37. The number of ketones is 1. The quantitative estimate of drug-likeness (QED) is 0.689. The standard InChI is InChI=1S/C23H32O2/c1-3-19(2)13-7-4-12-18-22(24)23(25,20-14-8-5-9-15-20)21-16-10-6-11-17-21/h5,8-9,14-15,19,21,25H,3,6,10-13,16-18H2,1-2H3/t19?,23-/m0/s1. The van der Waals surface area contributed by atoms with Crippen molar-refractivity contribution in [1.29, 1.82) is 0 Å². The first-order valence-corrected chi connectivity index (χ1v) is 9.86. The number of rotatable bonds is 7. The fourth-order valence-electron chi connectivity index (χ4n) is 3.68. The molecule has 136 valence electrons. The zero-order chi connectivity index (χ0) is 18.1. The summed E-state index contributed by atoms with van der Waals surface area (Å²) in [6, 6.07) is 9.52. The monoisotopic (exact) mass is 340 g/mol. The van der Waals surface area contributed by atoms with Crippen LogP contribution in [0.15, 0.2) is 30.3 Å². The molecule has 1 aliphatic carbocycles. The number of Topliss-reactive ketones (excluding diaryl/α,β-unsaturated/α-hetero) is 1. The predicted octanol–water partition coefficient (Wildman–Crippen LogP) is 5.24. The van der Waals surface area contributed by atoms with E-state index >= 15 is 0 Å². The summed E-state index contributed by atoms with van der Waals surface area (Å²) in [6.07, 6.45) is 8.14. The fraction of sp³-hybridized carbons (Fsp3) is 0.609. The first kappa shape index (κ1) is 19.7. The molecule has 0 aromatic heterocycles. The first-order valence-electron chi connectivity index (χ1n) is 9.86. The van der Waals surface area contributed by atoms with E-state index in [9.17, 15) is 9.90 Å². The molecular formula is C23H32O2. The largest absolute Gasteiger partial charge is 0.377 e. The second-order valence-corrected chi connectivity index (χ2v) is 7.46. The van der Waals surface area contributed by atoms with Crippen molar-refractivity contribution in [1.82, 2.24) is 0 Å². The molecule has 0 radical (unpaired) electrons. The fourth-order valence-corrected chi connectivity index (χ4v) is 3.68. The van der Waals surface area contributed by atoms with Crippen LogP contribution in [0.1, 0.15) is 77.2 Å². The summed E-state index contributed by atoms with van der Waals surface area (Å²) < 4.78 is 0. The van der Waals surface area contributed by atoms with Crippen LogP contribution in [0.3, 0.4) is 0 Å². The van der Waals surface area contributed by atoms with Gasteiger partial charge in [-0.1, -0.05) is 69.9 Å². The summed E-state index contributed by atoms with van der Waals surface area (Å²) >= 11 is 0. The molecule has 0 bridgehead atoms. The molecule has 1 saturated carbocycles. The van der Waals surface area contributed by atoms with Crippen molar-refractivity contribution in [3.63, 3.8) is 0 Å². The van der Waals surface area contributed by atoms with E-state index in [-0.39, 0.29) is 11.7 Å². The van der Waals surface area contributed by atoms with Gasteiger partial charge >= 0.3 is 0 Å². The molecule has 2 heteroatoms. The molecule has 0 amide bonds. The van der Waals surface area contributed by atoms with Gasteiger partial charge in [0.15, 0.2) is 11.4 Å². The molecule has 1 unspecified atom stereocenters. The third-order valence-corrected chi connectivity index (χ3v) is 5.58. The Labute approximate surface area is 153 Å². The van der Waals surface area contributed by atoms with Crippen LogP contribution >= 0.6 is 0 Å². The maximum Gasteiger partial charge on any atom is 0.170 e. The minimum atomic E-state index is -1.35. The number of hydrogen-bond donors (Lipinski definition) is 1. The van der Waals surface area contributed by atoms with Gasteiger partial charge in [0.1, 0.15) is 0 Å². The second kappa shape index (κ2) is 9.78. The zero-order valence-corrected chi connectivity index (χ0v) is 15.8. The first-order chi connectivity index (χ1) is 12.1. The number of hydrogen-bond acceptors (Lipinski definition) is 2. The number of carbonyl (C=O) groups is 1. The summed E-state index contributed by atoms with van der Waals surface area (Å²) in [7, 11) is 0. The van der Waals surface area contributed by atoms with Crippen LogP contribution in [-0.2, 0) is 10.4 Å². The Bertz CT molecular complexity index is 590. The van der Waals surface area contributed by atoms with Crippen molar-refractivity contribution in [3.8, 4) is 11.8 Å². The van der Waals surface area contributed by atoms with E-state index < -0.39 is 5.60 Å². The van der Waals surface area contributed by atoms with E-state index in [1.54, 1.807) is 0 Å². The minimum absolute atomic E-state index is 0.0317. The molecule has 0 spiro atoms. The molecule has 2 atom stereocenters. The molecule has 0 aliphatic heterocycles. The molecule has 2 rings (SSSR count). The van der Waals surface area contributed by atoms with Crippen molar-refractivity contribution < 1.29 is 9.90 Å². The minimum Gasteiger partial charge on any atom is -0.377 e. The van der Waals surface area contributed by atoms with Gasteiger partial charge in [0, 0.05) is 19.3 Å². The van der Waals surface area contributed by atoms with Crippen LogP contribution in [0.4, 0.5) is 0 Å². The average molecular weight is 341 g/mol.